The molecule has 0 bridgehead atoms. The Labute approximate surface area is 149 Å². The zero-order valence-corrected chi connectivity index (χ0v) is 14.3. The summed E-state index contributed by atoms with van der Waals surface area (Å²) in [6, 6.07) is 10.3. The average Bonchev–Trinajstić information content (AvgIpc) is 2.65. The maximum absolute atomic E-state index is 12.1. The Bertz CT molecular complexity index is 798. The SMILES string of the molecule is COC(=O)c1ccc(C(=O)OCC(=O)c2ccc(OC)c(Cl)c2)cc1. The van der Waals surface area contributed by atoms with Gasteiger partial charge in [-0.1, -0.05) is 11.6 Å². The molecule has 0 atom stereocenters. The number of carbonyl (C=O) groups is 3. The molecule has 2 aromatic carbocycles. The Kier molecular flexibility index (Phi) is 6.14. The van der Waals surface area contributed by atoms with E-state index in [-0.39, 0.29) is 10.6 Å². The number of hydrogen-bond acceptors (Lipinski definition) is 6. The van der Waals surface area contributed by atoms with E-state index in [1.165, 1.54) is 50.6 Å². The maximum Gasteiger partial charge on any atom is 0.338 e. The van der Waals surface area contributed by atoms with Gasteiger partial charge in [-0.3, -0.25) is 4.79 Å². The molecule has 0 radical (unpaired) electrons. The van der Waals surface area contributed by atoms with Crippen molar-refractivity contribution in [1.82, 2.24) is 0 Å². The van der Waals surface area contributed by atoms with Gasteiger partial charge in [0.2, 0.25) is 0 Å². The van der Waals surface area contributed by atoms with Crippen LogP contribution < -0.4 is 4.74 Å². The monoisotopic (exact) mass is 362 g/mol. The van der Waals surface area contributed by atoms with Crippen LogP contribution in [0.3, 0.4) is 0 Å². The number of rotatable bonds is 6. The van der Waals surface area contributed by atoms with Gasteiger partial charge in [0.15, 0.2) is 12.4 Å². The first-order valence-electron chi connectivity index (χ1n) is 7.18. The van der Waals surface area contributed by atoms with Crippen molar-refractivity contribution < 1.29 is 28.6 Å². The highest BCUT2D eigenvalue weighted by Gasteiger charge is 2.14. The van der Waals surface area contributed by atoms with Gasteiger partial charge in [0.1, 0.15) is 5.75 Å². The van der Waals surface area contributed by atoms with Crippen molar-refractivity contribution in [3.05, 3.63) is 64.2 Å². The standard InChI is InChI=1S/C18H15ClO6/c1-23-16-8-7-13(9-14(16)19)15(20)10-25-18(22)12-5-3-11(4-6-12)17(21)24-2/h3-9H,10H2,1-2H3. The van der Waals surface area contributed by atoms with E-state index in [9.17, 15) is 14.4 Å². The molecule has 0 unspecified atom stereocenters. The number of ether oxygens (including phenoxy) is 3. The topological polar surface area (TPSA) is 78.9 Å². The summed E-state index contributed by atoms with van der Waals surface area (Å²) in [7, 11) is 2.73. The second kappa shape index (κ2) is 8.30. The molecule has 0 heterocycles. The zero-order valence-electron chi connectivity index (χ0n) is 13.6. The zero-order chi connectivity index (χ0) is 18.4. The van der Waals surface area contributed by atoms with Gasteiger partial charge in [-0.15, -0.1) is 0 Å². The quantitative estimate of drug-likeness (QED) is 0.580. The van der Waals surface area contributed by atoms with Crippen molar-refractivity contribution in [1.29, 1.82) is 0 Å². The molecule has 0 aliphatic heterocycles. The van der Waals surface area contributed by atoms with Gasteiger partial charge in [0.25, 0.3) is 0 Å². The van der Waals surface area contributed by atoms with Crippen molar-refractivity contribution in [2.24, 2.45) is 0 Å². The first kappa shape index (κ1) is 18.5. The third-order valence-corrected chi connectivity index (χ3v) is 3.65. The first-order valence-corrected chi connectivity index (χ1v) is 7.56. The van der Waals surface area contributed by atoms with Gasteiger partial charge in [0, 0.05) is 5.56 Å². The molecule has 0 aromatic heterocycles. The lowest BCUT2D eigenvalue weighted by Gasteiger charge is -2.07. The van der Waals surface area contributed by atoms with Crippen molar-refractivity contribution in [2.45, 2.75) is 0 Å². The third kappa shape index (κ3) is 4.58. The van der Waals surface area contributed by atoms with Gasteiger partial charge in [-0.2, -0.15) is 0 Å². The fourth-order valence-electron chi connectivity index (χ4n) is 2.00. The van der Waals surface area contributed by atoms with Gasteiger partial charge < -0.3 is 14.2 Å². The molecule has 0 saturated carbocycles. The smallest absolute Gasteiger partial charge is 0.338 e. The summed E-state index contributed by atoms with van der Waals surface area (Å²) in [4.78, 5) is 35.4. The van der Waals surface area contributed by atoms with E-state index in [2.05, 4.69) is 4.74 Å². The molecule has 0 saturated heterocycles. The van der Waals surface area contributed by atoms with Crippen LogP contribution in [0.2, 0.25) is 5.02 Å². The highest BCUT2D eigenvalue weighted by molar-refractivity contribution is 6.32. The molecule has 2 rings (SSSR count). The van der Waals surface area contributed by atoms with Gasteiger partial charge in [-0.05, 0) is 42.5 Å². The van der Waals surface area contributed by atoms with Gasteiger partial charge in [-0.25, -0.2) is 9.59 Å². The fourth-order valence-corrected chi connectivity index (χ4v) is 2.26. The number of esters is 2. The number of benzene rings is 2. The molecule has 7 heteroatoms. The molecule has 2 aromatic rings. The Balaban J connectivity index is 1.98. The van der Waals surface area contributed by atoms with Crippen molar-refractivity contribution in [3.63, 3.8) is 0 Å². The van der Waals surface area contributed by atoms with E-state index in [4.69, 9.17) is 21.1 Å². The molecule has 0 fully saturated rings. The Morgan fingerprint density at radius 1 is 0.880 bits per heavy atom. The van der Waals surface area contributed by atoms with Crippen LogP contribution in [0, 0.1) is 0 Å². The summed E-state index contributed by atoms with van der Waals surface area (Å²) in [5.74, 6) is -1.14. The number of halogens is 1. The molecule has 6 nitrogen and oxygen atoms in total. The van der Waals surface area contributed by atoms with E-state index in [1.807, 2.05) is 0 Å². The lowest BCUT2D eigenvalue weighted by atomic mass is 10.1. The van der Waals surface area contributed by atoms with Crippen molar-refractivity contribution in [3.8, 4) is 5.75 Å². The van der Waals surface area contributed by atoms with Crippen LogP contribution >= 0.6 is 11.6 Å². The molecule has 0 aliphatic rings. The van der Waals surface area contributed by atoms with Crippen LogP contribution in [0.15, 0.2) is 42.5 Å². The summed E-state index contributed by atoms with van der Waals surface area (Å²) >= 11 is 5.96. The molecule has 0 aliphatic carbocycles. The van der Waals surface area contributed by atoms with Crippen molar-refractivity contribution in [2.75, 3.05) is 20.8 Å². The highest BCUT2D eigenvalue weighted by atomic mass is 35.5. The van der Waals surface area contributed by atoms with Crippen LogP contribution in [0.5, 0.6) is 5.75 Å². The Hall–Kier alpha value is -2.86. The minimum atomic E-state index is -0.677. The Morgan fingerprint density at radius 3 is 1.96 bits per heavy atom. The minimum Gasteiger partial charge on any atom is -0.495 e. The van der Waals surface area contributed by atoms with Gasteiger partial charge in [0.05, 0.1) is 30.4 Å². The van der Waals surface area contributed by atoms with Crippen LogP contribution in [0.4, 0.5) is 0 Å². The molecular formula is C18H15ClO6. The maximum atomic E-state index is 12.1. The lowest BCUT2D eigenvalue weighted by Crippen LogP contribution is -2.14. The molecule has 0 amide bonds. The number of hydrogen-bond donors (Lipinski definition) is 0. The lowest BCUT2D eigenvalue weighted by molar-refractivity contribution is 0.0474. The van der Waals surface area contributed by atoms with Crippen LogP contribution in [-0.2, 0) is 9.47 Å². The normalized spacial score (nSPS) is 10.0. The predicted molar refractivity (Wildman–Crippen MR) is 90.4 cm³/mol. The van der Waals surface area contributed by atoms with Crippen LogP contribution in [0.1, 0.15) is 31.1 Å². The predicted octanol–water partition coefficient (Wildman–Crippen LogP) is 3.17. The summed E-state index contributed by atoms with van der Waals surface area (Å²) in [5.41, 5.74) is 0.829. The van der Waals surface area contributed by atoms with Gasteiger partial charge >= 0.3 is 11.9 Å². The molecule has 25 heavy (non-hydrogen) atoms. The number of Topliss-reactive ketones (excluding diaryl/α,β-unsaturated/α-hetero) is 1. The highest BCUT2D eigenvalue weighted by Crippen LogP contribution is 2.25. The van der Waals surface area contributed by atoms with E-state index in [0.717, 1.165) is 0 Å². The third-order valence-electron chi connectivity index (χ3n) is 3.35. The average molecular weight is 363 g/mol. The number of carbonyl (C=O) groups excluding carboxylic acids is 3. The summed E-state index contributed by atoms with van der Waals surface area (Å²) in [6.45, 7) is -0.430. The van der Waals surface area contributed by atoms with E-state index in [0.29, 0.717) is 16.9 Å². The largest absolute Gasteiger partial charge is 0.495 e. The number of ketones is 1. The van der Waals surface area contributed by atoms with Crippen LogP contribution in [-0.4, -0.2) is 38.5 Å². The molecular weight excluding hydrogens is 348 g/mol. The van der Waals surface area contributed by atoms with E-state index < -0.39 is 24.3 Å². The number of methoxy groups -OCH3 is 2. The minimum absolute atomic E-state index is 0.216. The molecule has 0 spiro atoms. The second-order valence-electron chi connectivity index (χ2n) is 4.92. The molecule has 0 N–H and O–H groups in total. The Morgan fingerprint density at radius 2 is 1.44 bits per heavy atom. The summed E-state index contributed by atoms with van der Waals surface area (Å²) < 4.78 is 14.6. The second-order valence-corrected chi connectivity index (χ2v) is 5.32. The molecule has 130 valence electrons. The van der Waals surface area contributed by atoms with Crippen LogP contribution in [0.25, 0.3) is 0 Å². The van der Waals surface area contributed by atoms with E-state index >= 15 is 0 Å². The van der Waals surface area contributed by atoms with Crippen molar-refractivity contribution >= 4 is 29.3 Å². The summed E-state index contributed by atoms with van der Waals surface area (Å²) in [5, 5.41) is 0.290. The summed E-state index contributed by atoms with van der Waals surface area (Å²) in [6.07, 6.45) is 0. The first-order chi connectivity index (χ1) is 12.0. The van der Waals surface area contributed by atoms with E-state index in [1.54, 1.807) is 6.07 Å². The fraction of sp³-hybridized carbons (Fsp3) is 0.167.